The Balaban J connectivity index is 1.85. The Morgan fingerprint density at radius 3 is 1.97 bits per heavy atom. The van der Waals surface area contributed by atoms with Crippen LogP contribution in [-0.2, 0) is 19.1 Å². The van der Waals surface area contributed by atoms with E-state index in [2.05, 4.69) is 4.98 Å². The Kier molecular flexibility index (Phi) is 6.77. The fourth-order valence-electron chi connectivity index (χ4n) is 4.27. The van der Waals surface area contributed by atoms with E-state index in [0.717, 1.165) is 4.90 Å². The number of hydrogen-bond donors (Lipinski definition) is 0. The lowest BCUT2D eigenvalue weighted by Crippen LogP contribution is -2.40. The van der Waals surface area contributed by atoms with Crippen molar-refractivity contribution in [3.63, 3.8) is 0 Å². The molecule has 35 heavy (non-hydrogen) atoms. The largest absolute Gasteiger partial charge is 0.463 e. The van der Waals surface area contributed by atoms with E-state index in [-0.39, 0.29) is 37.3 Å². The van der Waals surface area contributed by atoms with E-state index in [1.165, 1.54) is 0 Å². The summed E-state index contributed by atoms with van der Waals surface area (Å²) in [6.07, 6.45) is 3.10. The lowest BCUT2D eigenvalue weighted by Gasteiger charge is -2.36. The van der Waals surface area contributed by atoms with Gasteiger partial charge in [0.25, 0.3) is 11.8 Å². The molecule has 9 nitrogen and oxygen atoms in total. The number of rotatable bonds is 7. The number of ether oxygens (including phenoxy) is 2. The Labute approximate surface area is 202 Å². The lowest BCUT2D eigenvalue weighted by molar-refractivity contribution is -0.139. The first-order valence-corrected chi connectivity index (χ1v) is 11.3. The molecule has 3 heterocycles. The van der Waals surface area contributed by atoms with Crippen LogP contribution in [0.3, 0.4) is 0 Å². The van der Waals surface area contributed by atoms with Crippen molar-refractivity contribution in [2.24, 2.45) is 0 Å². The SMILES string of the molecule is CCOC(=O)C1=C(C)N(c2ccncc2)C(CN2C(=O)c3ccccc3C2=O)=C(C(=O)OCC)C1. The number of carbonyl (C=O) groups is 4. The smallest absolute Gasteiger partial charge is 0.336 e. The predicted molar refractivity (Wildman–Crippen MR) is 126 cm³/mol. The molecule has 0 aliphatic carbocycles. The lowest BCUT2D eigenvalue weighted by atomic mass is 9.95. The fourth-order valence-corrected chi connectivity index (χ4v) is 4.27. The fraction of sp³-hybridized carbons (Fsp3) is 0.269. The molecule has 0 spiro atoms. The minimum atomic E-state index is -0.632. The van der Waals surface area contributed by atoms with Crippen molar-refractivity contribution in [3.05, 3.63) is 82.5 Å². The summed E-state index contributed by atoms with van der Waals surface area (Å²) in [6, 6.07) is 10.0. The molecule has 1 aromatic carbocycles. The van der Waals surface area contributed by atoms with Crippen molar-refractivity contribution >= 4 is 29.4 Å². The molecule has 0 saturated carbocycles. The van der Waals surface area contributed by atoms with E-state index in [4.69, 9.17) is 9.47 Å². The number of pyridine rings is 1. The molecule has 0 fully saturated rings. The maximum Gasteiger partial charge on any atom is 0.336 e. The van der Waals surface area contributed by atoms with Crippen LogP contribution in [0.2, 0.25) is 0 Å². The number of benzene rings is 1. The summed E-state index contributed by atoms with van der Waals surface area (Å²) in [7, 11) is 0. The second kappa shape index (κ2) is 9.92. The summed E-state index contributed by atoms with van der Waals surface area (Å²) in [6.45, 7) is 5.22. The third-order valence-electron chi connectivity index (χ3n) is 5.89. The topological polar surface area (TPSA) is 106 Å². The van der Waals surface area contributed by atoms with E-state index < -0.39 is 23.8 Å². The summed E-state index contributed by atoms with van der Waals surface area (Å²) in [5, 5.41) is 0. The number of aromatic nitrogens is 1. The van der Waals surface area contributed by atoms with Crippen molar-refractivity contribution in [2.75, 3.05) is 24.7 Å². The summed E-state index contributed by atoms with van der Waals surface area (Å²) < 4.78 is 10.5. The van der Waals surface area contributed by atoms with Crippen molar-refractivity contribution in [1.82, 2.24) is 9.88 Å². The molecule has 2 aromatic rings. The van der Waals surface area contributed by atoms with Crippen LogP contribution in [0, 0.1) is 0 Å². The zero-order chi connectivity index (χ0) is 25.1. The van der Waals surface area contributed by atoms with Gasteiger partial charge in [-0.2, -0.15) is 0 Å². The van der Waals surface area contributed by atoms with Crippen LogP contribution in [0.1, 0.15) is 47.9 Å². The van der Waals surface area contributed by atoms with Crippen molar-refractivity contribution in [2.45, 2.75) is 27.2 Å². The highest BCUT2D eigenvalue weighted by Crippen LogP contribution is 2.37. The molecule has 2 aliphatic heterocycles. The van der Waals surface area contributed by atoms with Crippen molar-refractivity contribution in [1.29, 1.82) is 0 Å². The molecule has 0 N–H and O–H groups in total. The molecule has 0 unspecified atom stereocenters. The molecule has 0 radical (unpaired) electrons. The number of allylic oxidation sites excluding steroid dienone is 1. The van der Waals surface area contributed by atoms with Crippen LogP contribution in [0.15, 0.2) is 71.3 Å². The summed E-state index contributed by atoms with van der Waals surface area (Å²) >= 11 is 0. The molecule has 2 amide bonds. The first-order chi connectivity index (χ1) is 16.9. The number of nitrogens with zero attached hydrogens (tertiary/aromatic N) is 3. The third-order valence-corrected chi connectivity index (χ3v) is 5.89. The molecule has 9 heteroatoms. The predicted octanol–water partition coefficient (Wildman–Crippen LogP) is 3.24. The number of anilines is 1. The monoisotopic (exact) mass is 475 g/mol. The van der Waals surface area contributed by atoms with Gasteiger partial charge in [-0.15, -0.1) is 0 Å². The number of amides is 2. The highest BCUT2D eigenvalue weighted by atomic mass is 16.5. The summed E-state index contributed by atoms with van der Waals surface area (Å²) in [5.74, 6) is -2.08. The summed E-state index contributed by atoms with van der Waals surface area (Å²) in [4.78, 5) is 59.0. The minimum Gasteiger partial charge on any atom is -0.463 e. The highest BCUT2D eigenvalue weighted by molar-refractivity contribution is 6.21. The zero-order valence-corrected chi connectivity index (χ0v) is 19.7. The highest BCUT2D eigenvalue weighted by Gasteiger charge is 2.40. The van der Waals surface area contributed by atoms with Crippen LogP contribution < -0.4 is 4.90 Å². The third kappa shape index (κ3) is 4.32. The van der Waals surface area contributed by atoms with E-state index in [0.29, 0.717) is 28.2 Å². The average molecular weight is 476 g/mol. The van der Waals surface area contributed by atoms with Gasteiger partial charge in [-0.3, -0.25) is 19.5 Å². The van der Waals surface area contributed by atoms with Crippen LogP contribution in [-0.4, -0.2) is 53.4 Å². The van der Waals surface area contributed by atoms with Gasteiger partial charge in [0.15, 0.2) is 0 Å². The average Bonchev–Trinajstić information content (AvgIpc) is 3.10. The van der Waals surface area contributed by atoms with Gasteiger partial charge in [-0.1, -0.05) is 12.1 Å². The Bertz CT molecular complexity index is 1230. The molecule has 0 atom stereocenters. The number of imide groups is 1. The van der Waals surface area contributed by atoms with E-state index >= 15 is 0 Å². The van der Waals surface area contributed by atoms with Crippen LogP contribution in [0.25, 0.3) is 0 Å². The second-order valence-electron chi connectivity index (χ2n) is 7.89. The number of carbonyl (C=O) groups excluding carboxylic acids is 4. The van der Waals surface area contributed by atoms with Gasteiger partial charge < -0.3 is 14.4 Å². The molecule has 2 aliphatic rings. The molecular formula is C26H25N3O6. The molecule has 0 saturated heterocycles. The van der Waals surface area contributed by atoms with Gasteiger partial charge in [0.05, 0.1) is 47.7 Å². The molecule has 0 bridgehead atoms. The van der Waals surface area contributed by atoms with E-state index in [1.54, 1.807) is 74.5 Å². The maximum atomic E-state index is 13.1. The van der Waals surface area contributed by atoms with Gasteiger partial charge in [0.2, 0.25) is 0 Å². The van der Waals surface area contributed by atoms with E-state index in [1.807, 2.05) is 0 Å². The van der Waals surface area contributed by atoms with Crippen molar-refractivity contribution in [3.8, 4) is 0 Å². The summed E-state index contributed by atoms with van der Waals surface area (Å²) in [5.41, 5.74) is 2.58. The number of esters is 2. The van der Waals surface area contributed by atoms with Crippen LogP contribution in [0.4, 0.5) is 5.69 Å². The second-order valence-corrected chi connectivity index (χ2v) is 7.89. The first kappa shape index (κ1) is 23.9. The van der Waals surface area contributed by atoms with E-state index in [9.17, 15) is 19.2 Å². The Morgan fingerprint density at radius 2 is 1.43 bits per heavy atom. The number of fused-ring (bicyclic) bond motifs is 1. The van der Waals surface area contributed by atoms with Gasteiger partial charge in [-0.05, 0) is 45.0 Å². The molecular weight excluding hydrogens is 450 g/mol. The van der Waals surface area contributed by atoms with Gasteiger partial charge >= 0.3 is 11.9 Å². The Morgan fingerprint density at radius 1 is 0.886 bits per heavy atom. The molecule has 4 rings (SSSR count). The maximum absolute atomic E-state index is 13.1. The minimum absolute atomic E-state index is 0.0520. The Hall–Kier alpha value is -4.27. The van der Waals surface area contributed by atoms with Crippen LogP contribution >= 0.6 is 0 Å². The van der Waals surface area contributed by atoms with Gasteiger partial charge in [-0.25, -0.2) is 9.59 Å². The van der Waals surface area contributed by atoms with Gasteiger partial charge in [0, 0.05) is 30.2 Å². The molecule has 1 aromatic heterocycles. The van der Waals surface area contributed by atoms with Crippen molar-refractivity contribution < 1.29 is 28.7 Å². The zero-order valence-electron chi connectivity index (χ0n) is 19.7. The number of hydrogen-bond acceptors (Lipinski definition) is 8. The standard InChI is InChI=1S/C26H25N3O6/c1-4-34-25(32)20-14-21(26(33)35-5-2)22(29(16(20)3)17-10-12-27-13-11-17)15-28-23(30)18-8-6-7-9-19(18)24(28)31/h6-13H,4-5,14-15H2,1-3H3. The normalized spacial score (nSPS) is 15.5. The van der Waals surface area contributed by atoms with Crippen LogP contribution in [0.5, 0.6) is 0 Å². The quantitative estimate of drug-likeness (QED) is 0.444. The van der Waals surface area contributed by atoms with Gasteiger partial charge in [0.1, 0.15) is 0 Å². The molecule has 180 valence electrons. The first-order valence-electron chi connectivity index (χ1n) is 11.3.